The Labute approximate surface area is 233 Å². The van der Waals surface area contributed by atoms with Crippen LogP contribution in [-0.2, 0) is 0 Å². The molecule has 0 fully saturated rings. The number of hydrogen-bond donors (Lipinski definition) is 2. The summed E-state index contributed by atoms with van der Waals surface area (Å²) in [5.74, 6) is 1.36. The summed E-state index contributed by atoms with van der Waals surface area (Å²) in [5.41, 5.74) is 10.5. The second kappa shape index (κ2) is 11.7. The van der Waals surface area contributed by atoms with Gasteiger partial charge < -0.3 is 9.47 Å². The Morgan fingerprint density at radius 1 is 0.575 bits per heavy atom. The molecular weight excluding hydrogens is 500 g/mol. The molecule has 0 aromatic heterocycles. The standard InChI is InChI=1S/C33H30N4O3/c1-21(24-5-7-28-19-31(39-3)15-11-26(28)17-24)34-36-30-13-9-23(10-14-30)33(38)37-35-22(2)25-6-8-29-20-32(40-4)16-12-27(29)18-25/h5-20,36H,1-4H3,(H,37,38)/b34-21+,35-22-. The summed E-state index contributed by atoms with van der Waals surface area (Å²) < 4.78 is 10.6. The van der Waals surface area contributed by atoms with E-state index in [1.807, 2.05) is 86.6 Å². The van der Waals surface area contributed by atoms with Crippen LogP contribution >= 0.6 is 0 Å². The number of hydrogen-bond acceptors (Lipinski definition) is 6. The molecule has 0 aliphatic heterocycles. The number of amides is 1. The van der Waals surface area contributed by atoms with E-state index in [2.05, 4.69) is 33.2 Å². The molecule has 5 aromatic rings. The Morgan fingerprint density at radius 3 is 1.55 bits per heavy atom. The summed E-state index contributed by atoms with van der Waals surface area (Å²) in [5, 5.41) is 13.2. The Bertz CT molecular complexity index is 1760. The number of carbonyl (C=O) groups excluding carboxylic acids is 1. The van der Waals surface area contributed by atoms with Crippen molar-refractivity contribution in [1.82, 2.24) is 5.43 Å². The first-order valence-corrected chi connectivity index (χ1v) is 12.8. The van der Waals surface area contributed by atoms with E-state index in [9.17, 15) is 4.79 Å². The molecule has 5 aromatic carbocycles. The SMILES string of the molecule is COc1ccc2cc(/C(C)=N\NC(=O)c3ccc(N/N=C(\C)c4ccc5cc(OC)ccc5c4)cc3)ccc2c1. The van der Waals surface area contributed by atoms with Crippen LogP contribution in [0.4, 0.5) is 5.69 Å². The third kappa shape index (κ3) is 5.94. The van der Waals surface area contributed by atoms with E-state index in [0.717, 1.165) is 55.6 Å². The topological polar surface area (TPSA) is 84.3 Å². The lowest BCUT2D eigenvalue weighted by molar-refractivity contribution is 0.0955. The molecule has 0 saturated carbocycles. The highest BCUT2D eigenvalue weighted by molar-refractivity contribution is 6.04. The van der Waals surface area contributed by atoms with Crippen LogP contribution < -0.4 is 20.3 Å². The lowest BCUT2D eigenvalue weighted by Gasteiger charge is -2.08. The van der Waals surface area contributed by atoms with Gasteiger partial charge in [-0.2, -0.15) is 10.2 Å². The number of carbonyl (C=O) groups is 1. The van der Waals surface area contributed by atoms with Crippen LogP contribution in [-0.4, -0.2) is 31.6 Å². The predicted octanol–water partition coefficient (Wildman–Crippen LogP) is 7.00. The van der Waals surface area contributed by atoms with Crippen molar-refractivity contribution in [2.45, 2.75) is 13.8 Å². The maximum Gasteiger partial charge on any atom is 0.271 e. The summed E-state index contributed by atoms with van der Waals surface area (Å²) in [7, 11) is 3.32. The van der Waals surface area contributed by atoms with E-state index < -0.39 is 0 Å². The number of rotatable bonds is 8. The molecule has 0 heterocycles. The summed E-state index contributed by atoms with van der Waals surface area (Å²) in [4.78, 5) is 12.7. The van der Waals surface area contributed by atoms with Crippen molar-refractivity contribution in [2.75, 3.05) is 19.6 Å². The van der Waals surface area contributed by atoms with Crippen LogP contribution in [0, 0.1) is 0 Å². The lowest BCUT2D eigenvalue weighted by atomic mass is 10.0. The highest BCUT2D eigenvalue weighted by Gasteiger charge is 2.07. The first-order valence-electron chi connectivity index (χ1n) is 12.8. The van der Waals surface area contributed by atoms with Crippen molar-refractivity contribution >= 4 is 44.6 Å². The second-order valence-corrected chi connectivity index (χ2v) is 9.38. The summed E-state index contributed by atoms with van der Waals surface area (Å²) in [6.45, 7) is 3.82. The number of anilines is 1. The fourth-order valence-electron chi connectivity index (χ4n) is 4.32. The molecule has 0 atom stereocenters. The van der Waals surface area contributed by atoms with E-state index in [1.54, 1.807) is 26.4 Å². The minimum Gasteiger partial charge on any atom is -0.497 e. The Kier molecular flexibility index (Phi) is 7.73. The third-order valence-corrected chi connectivity index (χ3v) is 6.76. The largest absolute Gasteiger partial charge is 0.497 e. The van der Waals surface area contributed by atoms with E-state index >= 15 is 0 Å². The molecule has 1 amide bonds. The van der Waals surface area contributed by atoms with Gasteiger partial charge in [-0.15, -0.1) is 0 Å². The van der Waals surface area contributed by atoms with E-state index in [1.165, 1.54) is 0 Å². The number of benzene rings is 5. The van der Waals surface area contributed by atoms with Crippen LogP contribution in [0.5, 0.6) is 11.5 Å². The van der Waals surface area contributed by atoms with Crippen molar-refractivity contribution in [3.8, 4) is 11.5 Å². The Hall–Kier alpha value is -5.17. The molecule has 0 spiro atoms. The molecule has 0 saturated heterocycles. The number of methoxy groups -OCH3 is 2. The smallest absolute Gasteiger partial charge is 0.271 e. The number of nitrogens with one attached hydrogen (secondary N) is 2. The highest BCUT2D eigenvalue weighted by atomic mass is 16.5. The fourth-order valence-corrected chi connectivity index (χ4v) is 4.32. The third-order valence-electron chi connectivity index (χ3n) is 6.76. The predicted molar refractivity (Wildman–Crippen MR) is 163 cm³/mol. The molecule has 200 valence electrons. The van der Waals surface area contributed by atoms with Crippen LogP contribution in [0.2, 0.25) is 0 Å². The molecule has 7 heteroatoms. The zero-order chi connectivity index (χ0) is 28.1. The number of ether oxygens (including phenoxy) is 2. The van der Waals surface area contributed by atoms with E-state index in [0.29, 0.717) is 11.3 Å². The minimum absolute atomic E-state index is 0.288. The normalized spacial score (nSPS) is 11.9. The monoisotopic (exact) mass is 530 g/mol. The van der Waals surface area contributed by atoms with Gasteiger partial charge in [-0.25, -0.2) is 5.43 Å². The van der Waals surface area contributed by atoms with Crippen LogP contribution in [0.15, 0.2) is 107 Å². The van der Waals surface area contributed by atoms with Gasteiger partial charge in [0.2, 0.25) is 0 Å². The first-order chi connectivity index (χ1) is 19.4. The molecule has 7 nitrogen and oxygen atoms in total. The number of nitrogens with zero attached hydrogens (tertiary/aromatic N) is 2. The molecule has 0 aliphatic rings. The maximum atomic E-state index is 12.7. The zero-order valence-electron chi connectivity index (χ0n) is 22.9. The van der Waals surface area contributed by atoms with E-state index in [4.69, 9.17) is 9.47 Å². The second-order valence-electron chi connectivity index (χ2n) is 9.38. The molecular formula is C33H30N4O3. The molecule has 0 radical (unpaired) electrons. The lowest BCUT2D eigenvalue weighted by Crippen LogP contribution is -2.19. The zero-order valence-corrected chi connectivity index (χ0v) is 22.9. The van der Waals surface area contributed by atoms with Gasteiger partial charge in [0.15, 0.2) is 0 Å². The summed E-state index contributed by atoms with van der Waals surface area (Å²) >= 11 is 0. The van der Waals surface area contributed by atoms with Crippen molar-refractivity contribution < 1.29 is 14.3 Å². The Balaban J connectivity index is 1.21. The van der Waals surface area contributed by atoms with Gasteiger partial charge >= 0.3 is 0 Å². The van der Waals surface area contributed by atoms with Gasteiger partial charge in [0.05, 0.1) is 31.3 Å². The van der Waals surface area contributed by atoms with Gasteiger partial charge in [-0.1, -0.05) is 36.4 Å². The fraction of sp³-hybridized carbons (Fsp3) is 0.121. The van der Waals surface area contributed by atoms with Crippen molar-refractivity contribution in [3.05, 3.63) is 114 Å². The molecule has 0 aliphatic carbocycles. The van der Waals surface area contributed by atoms with E-state index in [-0.39, 0.29) is 5.91 Å². The minimum atomic E-state index is -0.288. The van der Waals surface area contributed by atoms with Gasteiger partial charge in [0, 0.05) is 5.56 Å². The van der Waals surface area contributed by atoms with Crippen molar-refractivity contribution in [2.24, 2.45) is 10.2 Å². The summed E-state index contributed by atoms with van der Waals surface area (Å²) in [6, 6.07) is 31.2. The molecule has 0 bridgehead atoms. The average molecular weight is 531 g/mol. The van der Waals surface area contributed by atoms with Crippen LogP contribution in [0.25, 0.3) is 21.5 Å². The molecule has 40 heavy (non-hydrogen) atoms. The molecule has 0 unspecified atom stereocenters. The first kappa shape index (κ1) is 26.4. The molecule has 5 rings (SSSR count). The van der Waals surface area contributed by atoms with Gasteiger partial charge in [-0.3, -0.25) is 10.2 Å². The highest BCUT2D eigenvalue weighted by Crippen LogP contribution is 2.23. The quantitative estimate of drug-likeness (QED) is 0.167. The summed E-state index contributed by atoms with van der Waals surface area (Å²) in [6.07, 6.45) is 0. The maximum absolute atomic E-state index is 12.7. The van der Waals surface area contributed by atoms with Crippen LogP contribution in [0.1, 0.15) is 35.3 Å². The van der Waals surface area contributed by atoms with Crippen molar-refractivity contribution in [3.63, 3.8) is 0 Å². The van der Waals surface area contributed by atoms with Crippen molar-refractivity contribution in [1.29, 1.82) is 0 Å². The van der Waals surface area contributed by atoms with Gasteiger partial charge in [0.25, 0.3) is 5.91 Å². The number of fused-ring (bicyclic) bond motifs is 2. The van der Waals surface area contributed by atoms with Gasteiger partial charge in [-0.05, 0) is 107 Å². The number of hydrazone groups is 2. The average Bonchev–Trinajstić information content (AvgIpc) is 3.01. The van der Waals surface area contributed by atoms with Gasteiger partial charge in [0.1, 0.15) is 11.5 Å². The van der Waals surface area contributed by atoms with Crippen LogP contribution in [0.3, 0.4) is 0 Å². The Morgan fingerprint density at radius 2 is 1.02 bits per heavy atom. The molecule has 2 N–H and O–H groups in total.